The van der Waals surface area contributed by atoms with Crippen molar-refractivity contribution in [3.63, 3.8) is 0 Å². The Morgan fingerprint density at radius 3 is 2.85 bits per heavy atom. The SMILES string of the molecule is COc1cccc(NCc2nnc(SCc3cn4ccccc4c3C#N)n2C2CCCCC2)c1. The van der Waals surface area contributed by atoms with E-state index in [9.17, 15) is 5.26 Å². The molecule has 1 fully saturated rings. The summed E-state index contributed by atoms with van der Waals surface area (Å²) in [4.78, 5) is 0. The van der Waals surface area contributed by atoms with Crippen molar-refractivity contribution in [3.8, 4) is 11.8 Å². The van der Waals surface area contributed by atoms with E-state index < -0.39 is 0 Å². The normalized spacial score (nSPS) is 14.2. The maximum Gasteiger partial charge on any atom is 0.191 e. The van der Waals surface area contributed by atoms with Gasteiger partial charge < -0.3 is 19.0 Å². The molecular weight excluding hydrogens is 444 g/mol. The van der Waals surface area contributed by atoms with E-state index in [0.29, 0.717) is 18.3 Å². The number of aromatic nitrogens is 4. The predicted molar refractivity (Wildman–Crippen MR) is 134 cm³/mol. The Morgan fingerprint density at radius 1 is 1.15 bits per heavy atom. The molecule has 0 saturated heterocycles. The molecule has 7 nitrogen and oxygen atoms in total. The van der Waals surface area contributed by atoms with E-state index in [1.165, 1.54) is 19.3 Å². The molecule has 1 saturated carbocycles. The Balaban J connectivity index is 1.38. The van der Waals surface area contributed by atoms with Crippen molar-refractivity contribution in [1.82, 2.24) is 19.2 Å². The van der Waals surface area contributed by atoms with Crippen molar-refractivity contribution in [2.45, 2.75) is 55.6 Å². The minimum Gasteiger partial charge on any atom is -0.497 e. The van der Waals surface area contributed by atoms with Crippen molar-refractivity contribution < 1.29 is 4.74 Å². The minimum absolute atomic E-state index is 0.414. The lowest BCUT2D eigenvalue weighted by molar-refractivity contribution is 0.330. The summed E-state index contributed by atoms with van der Waals surface area (Å²) in [5.74, 6) is 2.45. The summed E-state index contributed by atoms with van der Waals surface area (Å²) >= 11 is 1.66. The van der Waals surface area contributed by atoms with E-state index >= 15 is 0 Å². The third-order valence-electron chi connectivity index (χ3n) is 6.43. The van der Waals surface area contributed by atoms with Gasteiger partial charge >= 0.3 is 0 Å². The summed E-state index contributed by atoms with van der Waals surface area (Å²) < 4.78 is 9.69. The largest absolute Gasteiger partial charge is 0.497 e. The Hall–Kier alpha value is -3.44. The van der Waals surface area contributed by atoms with Crippen molar-refractivity contribution >= 4 is 23.0 Å². The lowest BCUT2D eigenvalue weighted by Gasteiger charge is -2.25. The second-order valence-electron chi connectivity index (χ2n) is 8.57. The van der Waals surface area contributed by atoms with Crippen molar-refractivity contribution in [2.75, 3.05) is 12.4 Å². The highest BCUT2D eigenvalue weighted by Gasteiger charge is 2.23. The molecule has 0 atom stereocenters. The number of ether oxygens (including phenoxy) is 1. The van der Waals surface area contributed by atoms with E-state index in [1.54, 1.807) is 18.9 Å². The monoisotopic (exact) mass is 472 g/mol. The average molecular weight is 473 g/mol. The summed E-state index contributed by atoms with van der Waals surface area (Å²) in [5, 5.41) is 23.3. The number of methoxy groups -OCH3 is 1. The summed E-state index contributed by atoms with van der Waals surface area (Å²) in [5.41, 5.74) is 3.69. The Bertz CT molecular complexity index is 1310. The fourth-order valence-corrected chi connectivity index (χ4v) is 5.70. The van der Waals surface area contributed by atoms with Gasteiger partial charge in [0.2, 0.25) is 0 Å². The topological polar surface area (TPSA) is 80.2 Å². The van der Waals surface area contributed by atoms with Crippen LogP contribution in [0.5, 0.6) is 5.75 Å². The van der Waals surface area contributed by atoms with Gasteiger partial charge in [0, 0.05) is 35.9 Å². The average Bonchev–Trinajstić information content (AvgIpc) is 3.47. The summed E-state index contributed by atoms with van der Waals surface area (Å²) in [6.45, 7) is 0.594. The highest BCUT2D eigenvalue weighted by atomic mass is 32.2. The number of nitrogens with one attached hydrogen (secondary N) is 1. The molecule has 3 aromatic heterocycles. The fourth-order valence-electron chi connectivity index (χ4n) is 4.70. The molecule has 0 unspecified atom stereocenters. The molecule has 0 spiro atoms. The maximum absolute atomic E-state index is 9.76. The van der Waals surface area contributed by atoms with Crippen LogP contribution < -0.4 is 10.1 Å². The quantitative estimate of drug-likeness (QED) is 0.326. The van der Waals surface area contributed by atoms with E-state index in [-0.39, 0.29) is 0 Å². The molecule has 5 rings (SSSR count). The van der Waals surface area contributed by atoms with E-state index in [0.717, 1.165) is 51.9 Å². The van der Waals surface area contributed by atoms with Crippen LogP contribution in [0.4, 0.5) is 5.69 Å². The predicted octanol–water partition coefficient (Wildman–Crippen LogP) is 5.82. The first-order valence-corrected chi connectivity index (χ1v) is 12.7. The van der Waals surface area contributed by atoms with Crippen LogP contribution in [0, 0.1) is 11.3 Å². The molecule has 3 heterocycles. The second-order valence-corrected chi connectivity index (χ2v) is 9.51. The van der Waals surface area contributed by atoms with Crippen molar-refractivity contribution in [3.05, 3.63) is 71.8 Å². The van der Waals surface area contributed by atoms with Gasteiger partial charge in [0.1, 0.15) is 11.8 Å². The molecule has 1 aromatic carbocycles. The van der Waals surface area contributed by atoms with Crippen LogP contribution in [0.15, 0.2) is 60.0 Å². The number of thioether (sulfide) groups is 1. The molecule has 1 aliphatic carbocycles. The van der Waals surface area contributed by atoms with Crippen LogP contribution in [0.2, 0.25) is 0 Å². The molecule has 0 radical (unpaired) electrons. The van der Waals surface area contributed by atoms with Gasteiger partial charge in [-0.05, 0) is 42.7 Å². The molecule has 174 valence electrons. The molecule has 8 heteroatoms. The van der Waals surface area contributed by atoms with E-state index in [1.807, 2.05) is 59.3 Å². The molecule has 1 aliphatic rings. The van der Waals surface area contributed by atoms with Gasteiger partial charge in [-0.1, -0.05) is 43.2 Å². The van der Waals surface area contributed by atoms with Gasteiger partial charge in [0.25, 0.3) is 0 Å². The first-order chi connectivity index (χ1) is 16.8. The number of rotatable bonds is 8. The van der Waals surface area contributed by atoms with Crippen LogP contribution in [0.3, 0.4) is 0 Å². The molecule has 0 amide bonds. The summed E-state index contributed by atoms with van der Waals surface area (Å²) in [6, 6.07) is 16.7. The van der Waals surface area contributed by atoms with Gasteiger partial charge in [-0.2, -0.15) is 5.26 Å². The third-order valence-corrected chi connectivity index (χ3v) is 7.42. The number of benzene rings is 1. The van der Waals surface area contributed by atoms with Gasteiger partial charge in [0.15, 0.2) is 11.0 Å². The molecule has 0 aliphatic heterocycles. The van der Waals surface area contributed by atoms with Crippen LogP contribution in [0.25, 0.3) is 5.52 Å². The third kappa shape index (κ3) is 4.62. The van der Waals surface area contributed by atoms with Gasteiger partial charge in [-0.25, -0.2) is 0 Å². The number of pyridine rings is 1. The number of nitrogens with zero attached hydrogens (tertiary/aromatic N) is 5. The zero-order valence-corrected chi connectivity index (χ0v) is 20.1. The summed E-state index contributed by atoms with van der Waals surface area (Å²) in [6.07, 6.45) is 10.1. The van der Waals surface area contributed by atoms with E-state index in [4.69, 9.17) is 4.74 Å². The highest BCUT2D eigenvalue weighted by molar-refractivity contribution is 7.98. The molecule has 4 aromatic rings. The van der Waals surface area contributed by atoms with Crippen molar-refractivity contribution in [2.24, 2.45) is 0 Å². The lowest BCUT2D eigenvalue weighted by Crippen LogP contribution is -2.18. The standard InChI is InChI=1S/C26H28N6OS/c1-33-22-11-7-8-20(14-22)28-16-25-29-30-26(32(25)21-9-3-2-4-10-21)34-18-19-17-31-13-6-5-12-24(31)23(19)15-27/h5-8,11-14,17,21,28H,2-4,9-10,16,18H2,1H3. The van der Waals surface area contributed by atoms with E-state index in [2.05, 4.69) is 26.2 Å². The minimum atomic E-state index is 0.414. The van der Waals surface area contributed by atoms with Crippen LogP contribution >= 0.6 is 11.8 Å². The summed E-state index contributed by atoms with van der Waals surface area (Å²) in [7, 11) is 1.67. The Morgan fingerprint density at radius 2 is 2.03 bits per heavy atom. The number of hydrogen-bond acceptors (Lipinski definition) is 6. The van der Waals surface area contributed by atoms with Crippen molar-refractivity contribution in [1.29, 1.82) is 5.26 Å². The Kier molecular flexibility index (Phi) is 6.72. The number of anilines is 1. The first kappa shape index (κ1) is 22.4. The van der Waals surface area contributed by atoms with Gasteiger partial charge in [-0.15, -0.1) is 10.2 Å². The molecule has 1 N–H and O–H groups in total. The smallest absolute Gasteiger partial charge is 0.191 e. The zero-order chi connectivity index (χ0) is 23.3. The number of hydrogen-bond donors (Lipinski definition) is 1. The van der Waals surface area contributed by atoms with Crippen LogP contribution in [-0.4, -0.2) is 26.3 Å². The second kappa shape index (κ2) is 10.2. The molecule has 34 heavy (non-hydrogen) atoms. The molecular formula is C26H28N6OS. The molecule has 0 bridgehead atoms. The lowest BCUT2D eigenvalue weighted by atomic mass is 9.95. The fraction of sp³-hybridized carbons (Fsp3) is 0.346. The number of fused-ring (bicyclic) bond motifs is 1. The van der Waals surface area contributed by atoms with Gasteiger partial charge in [0.05, 0.1) is 24.7 Å². The highest BCUT2D eigenvalue weighted by Crippen LogP contribution is 2.34. The van der Waals surface area contributed by atoms with Gasteiger partial charge in [-0.3, -0.25) is 0 Å². The van der Waals surface area contributed by atoms with Crippen LogP contribution in [-0.2, 0) is 12.3 Å². The maximum atomic E-state index is 9.76. The Labute approximate surface area is 203 Å². The zero-order valence-electron chi connectivity index (χ0n) is 19.3. The number of nitriles is 1. The van der Waals surface area contributed by atoms with Crippen LogP contribution in [0.1, 0.15) is 55.1 Å². The first-order valence-electron chi connectivity index (χ1n) is 11.7.